The van der Waals surface area contributed by atoms with Gasteiger partial charge in [0.2, 0.25) is 0 Å². The largest absolute Gasteiger partial charge is 0.396 e. The fourth-order valence-corrected chi connectivity index (χ4v) is 1.51. The summed E-state index contributed by atoms with van der Waals surface area (Å²) >= 11 is 0. The van der Waals surface area contributed by atoms with Gasteiger partial charge >= 0.3 is 0 Å². The second kappa shape index (κ2) is 5.95. The van der Waals surface area contributed by atoms with Crippen LogP contribution in [0.25, 0.3) is 0 Å². The van der Waals surface area contributed by atoms with Gasteiger partial charge in [-0.3, -0.25) is 0 Å². The molecule has 102 valence electrons. The van der Waals surface area contributed by atoms with Crippen LogP contribution in [0.15, 0.2) is 6.07 Å². The quantitative estimate of drug-likeness (QED) is 0.734. The van der Waals surface area contributed by atoms with E-state index in [1.165, 1.54) is 0 Å². The molecule has 6 heteroatoms. The molecule has 1 aromatic heterocycles. The summed E-state index contributed by atoms with van der Waals surface area (Å²) in [6, 6.07) is 0.794. The van der Waals surface area contributed by atoms with Crippen molar-refractivity contribution in [2.75, 3.05) is 23.8 Å². The van der Waals surface area contributed by atoms with E-state index in [4.69, 9.17) is 5.11 Å². The summed E-state index contributed by atoms with van der Waals surface area (Å²) in [6.45, 7) is 5.88. The Balaban J connectivity index is 2.98. The van der Waals surface area contributed by atoms with Gasteiger partial charge in [0.1, 0.15) is 0 Å². The van der Waals surface area contributed by atoms with Crippen molar-refractivity contribution in [2.24, 2.45) is 0 Å². The van der Waals surface area contributed by atoms with Gasteiger partial charge in [0.05, 0.1) is 0 Å². The molecule has 0 unspecified atom stereocenters. The lowest BCUT2D eigenvalue weighted by Gasteiger charge is -2.26. The fourth-order valence-electron chi connectivity index (χ4n) is 1.51. The van der Waals surface area contributed by atoms with Gasteiger partial charge in [-0.05, 0) is 27.2 Å². The molecule has 18 heavy (non-hydrogen) atoms. The van der Waals surface area contributed by atoms with E-state index in [2.05, 4.69) is 15.6 Å². The van der Waals surface area contributed by atoms with Gasteiger partial charge in [-0.1, -0.05) is 0 Å². The molecule has 0 radical (unpaired) electrons. The summed E-state index contributed by atoms with van der Waals surface area (Å²) in [4.78, 5) is 3.88. The van der Waals surface area contributed by atoms with Crippen molar-refractivity contribution in [3.63, 3.8) is 0 Å². The molecular weight excluding hydrogens is 240 g/mol. The molecule has 0 spiro atoms. The number of nitrogens with one attached hydrogen (secondary N) is 2. The molecule has 3 N–H and O–H groups in total. The molecule has 0 saturated heterocycles. The van der Waals surface area contributed by atoms with Gasteiger partial charge in [0.25, 0.3) is 0 Å². The molecule has 0 aliphatic rings. The summed E-state index contributed by atoms with van der Waals surface area (Å²) in [7, 11) is 0. The minimum atomic E-state index is -0.750. The van der Waals surface area contributed by atoms with Crippen LogP contribution in [0, 0.1) is 11.6 Å². The van der Waals surface area contributed by atoms with Crippen LogP contribution in [0.3, 0.4) is 0 Å². The lowest BCUT2D eigenvalue weighted by atomic mass is 10.0. The standard InChI is InChI=1S/C12H19F2N3O/c1-4-15-10-8(13)7-9(14)11(16-10)17-12(2,3)5-6-18/h7,18H,4-6H2,1-3H3,(H2,15,16,17). The van der Waals surface area contributed by atoms with Crippen molar-refractivity contribution in [1.29, 1.82) is 0 Å². The lowest BCUT2D eigenvalue weighted by molar-refractivity contribution is 0.260. The van der Waals surface area contributed by atoms with E-state index in [9.17, 15) is 8.78 Å². The number of pyridine rings is 1. The summed E-state index contributed by atoms with van der Waals surface area (Å²) < 4.78 is 27.0. The van der Waals surface area contributed by atoms with Crippen molar-refractivity contribution < 1.29 is 13.9 Å². The molecule has 4 nitrogen and oxygen atoms in total. The van der Waals surface area contributed by atoms with Crippen molar-refractivity contribution in [2.45, 2.75) is 32.7 Å². The monoisotopic (exact) mass is 259 g/mol. The third-order valence-electron chi connectivity index (χ3n) is 2.47. The zero-order chi connectivity index (χ0) is 13.8. The second-order valence-electron chi connectivity index (χ2n) is 4.66. The second-order valence-corrected chi connectivity index (χ2v) is 4.66. The molecule has 0 bridgehead atoms. The van der Waals surface area contributed by atoms with Gasteiger partial charge in [0, 0.05) is 24.8 Å². The molecule has 0 aromatic carbocycles. The number of hydrogen-bond acceptors (Lipinski definition) is 4. The van der Waals surface area contributed by atoms with Gasteiger partial charge in [-0.15, -0.1) is 0 Å². The van der Waals surface area contributed by atoms with E-state index >= 15 is 0 Å². The molecule has 0 saturated carbocycles. The van der Waals surface area contributed by atoms with Crippen LogP contribution < -0.4 is 10.6 Å². The molecule has 0 aliphatic heterocycles. The maximum Gasteiger partial charge on any atom is 0.168 e. The van der Waals surface area contributed by atoms with E-state index in [-0.39, 0.29) is 18.2 Å². The molecule has 1 heterocycles. The Kier molecular flexibility index (Phi) is 4.84. The Morgan fingerprint density at radius 2 is 1.89 bits per heavy atom. The van der Waals surface area contributed by atoms with Crippen LogP contribution in [0.1, 0.15) is 27.2 Å². The van der Waals surface area contributed by atoms with Crippen molar-refractivity contribution >= 4 is 11.6 Å². The first-order valence-corrected chi connectivity index (χ1v) is 5.88. The molecule has 0 amide bonds. The van der Waals surface area contributed by atoms with E-state index in [1.54, 1.807) is 20.8 Å². The van der Waals surface area contributed by atoms with Crippen molar-refractivity contribution in [3.8, 4) is 0 Å². The van der Waals surface area contributed by atoms with Crippen LogP contribution in [0.5, 0.6) is 0 Å². The van der Waals surface area contributed by atoms with E-state index < -0.39 is 17.2 Å². The fraction of sp³-hybridized carbons (Fsp3) is 0.583. The molecule has 0 fully saturated rings. The van der Waals surface area contributed by atoms with Crippen LogP contribution in [0.4, 0.5) is 20.4 Å². The van der Waals surface area contributed by atoms with Gasteiger partial charge < -0.3 is 15.7 Å². The lowest BCUT2D eigenvalue weighted by Crippen LogP contribution is -2.33. The number of aliphatic hydroxyl groups excluding tert-OH is 1. The summed E-state index contributed by atoms with van der Waals surface area (Å²) in [6.07, 6.45) is 0.433. The molecule has 0 aliphatic carbocycles. The summed E-state index contributed by atoms with van der Waals surface area (Å²) in [5.74, 6) is -1.48. The third kappa shape index (κ3) is 3.80. The highest BCUT2D eigenvalue weighted by Gasteiger charge is 2.20. The smallest absolute Gasteiger partial charge is 0.168 e. The minimum Gasteiger partial charge on any atom is -0.396 e. The maximum absolute atomic E-state index is 13.6. The number of halogens is 2. The maximum atomic E-state index is 13.6. The Morgan fingerprint density at radius 1 is 1.28 bits per heavy atom. The molecule has 1 aromatic rings. The highest BCUT2D eigenvalue weighted by molar-refractivity contribution is 5.48. The number of rotatable bonds is 6. The van der Waals surface area contributed by atoms with E-state index in [0.29, 0.717) is 13.0 Å². The summed E-state index contributed by atoms with van der Waals surface area (Å²) in [5.41, 5.74) is -0.524. The number of aliphatic hydroxyl groups is 1. The van der Waals surface area contributed by atoms with E-state index in [0.717, 1.165) is 6.07 Å². The van der Waals surface area contributed by atoms with Crippen molar-refractivity contribution in [1.82, 2.24) is 4.98 Å². The highest BCUT2D eigenvalue weighted by atomic mass is 19.1. The SMILES string of the molecule is CCNc1nc(NC(C)(C)CCO)c(F)cc1F. The van der Waals surface area contributed by atoms with Crippen molar-refractivity contribution in [3.05, 3.63) is 17.7 Å². The molecular formula is C12H19F2N3O. The first-order valence-electron chi connectivity index (χ1n) is 5.88. The first kappa shape index (κ1) is 14.6. The number of anilines is 2. The normalized spacial score (nSPS) is 11.4. The first-order chi connectivity index (χ1) is 8.39. The molecule has 0 atom stereocenters. The van der Waals surface area contributed by atoms with Crippen LogP contribution >= 0.6 is 0 Å². The van der Waals surface area contributed by atoms with Gasteiger partial charge in [-0.25, -0.2) is 13.8 Å². The van der Waals surface area contributed by atoms with Crippen LogP contribution in [0.2, 0.25) is 0 Å². The number of aromatic nitrogens is 1. The van der Waals surface area contributed by atoms with Crippen LogP contribution in [-0.4, -0.2) is 28.8 Å². The Hall–Kier alpha value is -1.43. The molecule has 1 rings (SSSR count). The highest BCUT2D eigenvalue weighted by Crippen LogP contribution is 2.23. The average molecular weight is 259 g/mol. The zero-order valence-corrected chi connectivity index (χ0v) is 10.8. The summed E-state index contributed by atoms with van der Waals surface area (Å²) in [5, 5.41) is 14.5. The zero-order valence-electron chi connectivity index (χ0n) is 10.8. The Morgan fingerprint density at radius 3 is 2.44 bits per heavy atom. The number of hydrogen-bond donors (Lipinski definition) is 3. The third-order valence-corrected chi connectivity index (χ3v) is 2.47. The predicted octanol–water partition coefficient (Wildman–Crippen LogP) is 2.36. The Labute approximate surface area is 105 Å². The predicted molar refractivity (Wildman–Crippen MR) is 67.7 cm³/mol. The Bertz CT molecular complexity index is 411. The van der Waals surface area contributed by atoms with E-state index in [1.807, 2.05) is 0 Å². The van der Waals surface area contributed by atoms with Gasteiger partial charge in [-0.2, -0.15) is 0 Å². The number of nitrogens with zero attached hydrogens (tertiary/aromatic N) is 1. The van der Waals surface area contributed by atoms with Crippen LogP contribution in [-0.2, 0) is 0 Å². The topological polar surface area (TPSA) is 57.2 Å². The van der Waals surface area contributed by atoms with Gasteiger partial charge in [0.15, 0.2) is 23.3 Å². The average Bonchev–Trinajstić information content (AvgIpc) is 2.25. The minimum absolute atomic E-state index is 0.0150.